The number of benzene rings is 1. The van der Waals surface area contributed by atoms with Gasteiger partial charge >= 0.3 is 0 Å². The summed E-state index contributed by atoms with van der Waals surface area (Å²) in [4.78, 5) is 2.61. The quantitative estimate of drug-likeness (QED) is 0.875. The Balaban J connectivity index is 0.00000161. The summed E-state index contributed by atoms with van der Waals surface area (Å²) >= 11 is 3.57. The normalized spacial score (nSPS) is 21.2. The average molecular weight is 376 g/mol. The van der Waals surface area contributed by atoms with Crippen molar-refractivity contribution in [1.82, 2.24) is 10.2 Å². The molecule has 0 radical (unpaired) electrons. The third-order valence-electron chi connectivity index (χ3n) is 4.80. The monoisotopic (exact) mass is 374 g/mol. The van der Waals surface area contributed by atoms with E-state index in [-0.39, 0.29) is 12.4 Å². The Kier molecular flexibility index (Phi) is 5.95. The van der Waals surface area contributed by atoms with Gasteiger partial charge in [-0.3, -0.25) is 4.90 Å². The van der Waals surface area contributed by atoms with E-state index >= 15 is 0 Å². The van der Waals surface area contributed by atoms with Gasteiger partial charge < -0.3 is 10.1 Å². The van der Waals surface area contributed by atoms with Crippen molar-refractivity contribution in [3.05, 3.63) is 28.2 Å². The van der Waals surface area contributed by atoms with E-state index in [9.17, 15) is 0 Å². The van der Waals surface area contributed by atoms with Crippen molar-refractivity contribution in [2.75, 3.05) is 33.3 Å². The molecule has 118 valence electrons. The van der Waals surface area contributed by atoms with Crippen molar-refractivity contribution in [2.45, 2.75) is 25.8 Å². The van der Waals surface area contributed by atoms with Crippen LogP contribution in [0, 0.1) is 5.41 Å². The van der Waals surface area contributed by atoms with Gasteiger partial charge in [0.2, 0.25) is 0 Å². The number of rotatable bonds is 3. The molecule has 0 aromatic heterocycles. The zero-order chi connectivity index (χ0) is 14.0. The van der Waals surface area contributed by atoms with E-state index in [1.165, 1.54) is 51.0 Å². The Bertz CT molecular complexity index is 477. The molecule has 2 saturated heterocycles. The fourth-order valence-corrected chi connectivity index (χ4v) is 4.18. The summed E-state index contributed by atoms with van der Waals surface area (Å²) in [5.41, 5.74) is 1.96. The van der Waals surface area contributed by atoms with Crippen LogP contribution in [0.15, 0.2) is 22.7 Å². The molecule has 0 bridgehead atoms. The molecule has 1 spiro atoms. The van der Waals surface area contributed by atoms with Crippen LogP contribution in [0.1, 0.15) is 24.8 Å². The van der Waals surface area contributed by atoms with E-state index in [4.69, 9.17) is 4.74 Å². The first-order chi connectivity index (χ1) is 9.71. The molecule has 3 nitrogen and oxygen atoms in total. The highest BCUT2D eigenvalue weighted by Crippen LogP contribution is 2.39. The molecule has 1 aromatic rings. The topological polar surface area (TPSA) is 24.5 Å². The summed E-state index contributed by atoms with van der Waals surface area (Å²) in [6.45, 7) is 5.95. The molecular formula is C16H24BrClN2O. The Morgan fingerprint density at radius 2 is 2.05 bits per heavy atom. The standard InChI is InChI=1S/C16H23BrN2O.ClH/c1-20-15-3-2-13(10-14(15)17)11-19-9-6-16(12-19)4-7-18-8-5-16;/h2-3,10,18H,4-9,11-12H2,1H3;1H. The van der Waals surface area contributed by atoms with Gasteiger partial charge in [0.15, 0.2) is 0 Å². The van der Waals surface area contributed by atoms with Crippen LogP contribution in [0.4, 0.5) is 0 Å². The second kappa shape index (κ2) is 7.32. The number of hydrogen-bond donors (Lipinski definition) is 1. The van der Waals surface area contributed by atoms with Crippen LogP contribution in [0.2, 0.25) is 0 Å². The van der Waals surface area contributed by atoms with Gasteiger partial charge in [-0.15, -0.1) is 12.4 Å². The largest absolute Gasteiger partial charge is 0.496 e. The summed E-state index contributed by atoms with van der Waals surface area (Å²) in [6.07, 6.45) is 4.05. The lowest BCUT2D eigenvalue weighted by Crippen LogP contribution is -2.38. The lowest BCUT2D eigenvalue weighted by molar-refractivity contribution is 0.194. The zero-order valence-corrected chi connectivity index (χ0v) is 14.9. The molecule has 5 heteroatoms. The van der Waals surface area contributed by atoms with E-state index in [1.54, 1.807) is 7.11 Å². The minimum atomic E-state index is 0. The molecule has 2 heterocycles. The van der Waals surface area contributed by atoms with Gasteiger partial charge in [0, 0.05) is 13.1 Å². The molecule has 0 aliphatic carbocycles. The molecule has 0 atom stereocenters. The summed E-state index contributed by atoms with van der Waals surface area (Å²) < 4.78 is 6.34. The summed E-state index contributed by atoms with van der Waals surface area (Å²) in [6, 6.07) is 6.42. The molecule has 0 amide bonds. The average Bonchev–Trinajstić information content (AvgIpc) is 2.82. The van der Waals surface area contributed by atoms with Crippen LogP contribution in [0.3, 0.4) is 0 Å². The number of piperidine rings is 1. The van der Waals surface area contributed by atoms with Crippen molar-refractivity contribution < 1.29 is 4.74 Å². The molecule has 2 aliphatic rings. The van der Waals surface area contributed by atoms with Crippen LogP contribution in [0.5, 0.6) is 5.75 Å². The highest BCUT2D eigenvalue weighted by Gasteiger charge is 2.38. The first-order valence-corrected chi connectivity index (χ1v) is 8.26. The zero-order valence-electron chi connectivity index (χ0n) is 12.5. The maximum absolute atomic E-state index is 5.29. The van der Waals surface area contributed by atoms with Crippen molar-refractivity contribution >= 4 is 28.3 Å². The number of hydrogen-bond acceptors (Lipinski definition) is 3. The number of nitrogens with zero attached hydrogens (tertiary/aromatic N) is 1. The second-order valence-electron chi connectivity index (χ2n) is 6.18. The molecule has 0 unspecified atom stereocenters. The Hall–Kier alpha value is -0.290. The third-order valence-corrected chi connectivity index (χ3v) is 5.42. The highest BCUT2D eigenvalue weighted by molar-refractivity contribution is 9.10. The first-order valence-electron chi connectivity index (χ1n) is 7.46. The van der Waals surface area contributed by atoms with Crippen LogP contribution < -0.4 is 10.1 Å². The predicted molar refractivity (Wildman–Crippen MR) is 92.4 cm³/mol. The minimum Gasteiger partial charge on any atom is -0.496 e. The van der Waals surface area contributed by atoms with Crippen molar-refractivity contribution in [1.29, 1.82) is 0 Å². The SMILES string of the molecule is COc1ccc(CN2CCC3(CCNCC3)C2)cc1Br.Cl. The van der Waals surface area contributed by atoms with Gasteiger partial charge in [0.25, 0.3) is 0 Å². The van der Waals surface area contributed by atoms with Gasteiger partial charge in [0.1, 0.15) is 5.75 Å². The number of likely N-dealkylation sites (tertiary alicyclic amines) is 1. The minimum absolute atomic E-state index is 0. The summed E-state index contributed by atoms with van der Waals surface area (Å²) in [5, 5.41) is 3.48. The van der Waals surface area contributed by atoms with Gasteiger partial charge in [-0.2, -0.15) is 0 Å². The summed E-state index contributed by atoms with van der Waals surface area (Å²) in [7, 11) is 1.71. The van der Waals surface area contributed by atoms with Gasteiger partial charge in [-0.05, 0) is 77.9 Å². The van der Waals surface area contributed by atoms with Crippen molar-refractivity contribution in [2.24, 2.45) is 5.41 Å². The van der Waals surface area contributed by atoms with Gasteiger partial charge in [-0.25, -0.2) is 0 Å². The van der Waals surface area contributed by atoms with Crippen LogP contribution in [-0.2, 0) is 6.54 Å². The number of ether oxygens (including phenoxy) is 1. The van der Waals surface area contributed by atoms with Gasteiger partial charge in [-0.1, -0.05) is 6.07 Å². The Morgan fingerprint density at radius 3 is 2.71 bits per heavy atom. The molecule has 2 fully saturated rings. The molecule has 3 rings (SSSR count). The number of methoxy groups -OCH3 is 1. The fourth-order valence-electron chi connectivity index (χ4n) is 3.59. The first kappa shape index (κ1) is 17.1. The fraction of sp³-hybridized carbons (Fsp3) is 0.625. The van der Waals surface area contributed by atoms with E-state index in [0.717, 1.165) is 16.8 Å². The number of halogens is 2. The molecular weight excluding hydrogens is 352 g/mol. The Morgan fingerprint density at radius 1 is 1.29 bits per heavy atom. The predicted octanol–water partition coefficient (Wildman–Crippen LogP) is 3.46. The lowest BCUT2D eigenvalue weighted by Gasteiger charge is -2.34. The summed E-state index contributed by atoms with van der Waals surface area (Å²) in [5.74, 6) is 0.907. The second-order valence-corrected chi connectivity index (χ2v) is 7.03. The van der Waals surface area contributed by atoms with E-state index in [0.29, 0.717) is 5.41 Å². The molecule has 2 aliphatic heterocycles. The van der Waals surface area contributed by atoms with Crippen LogP contribution >= 0.6 is 28.3 Å². The van der Waals surface area contributed by atoms with Crippen LogP contribution in [0.25, 0.3) is 0 Å². The molecule has 21 heavy (non-hydrogen) atoms. The smallest absolute Gasteiger partial charge is 0.133 e. The van der Waals surface area contributed by atoms with E-state index in [2.05, 4.69) is 44.3 Å². The van der Waals surface area contributed by atoms with Crippen molar-refractivity contribution in [3.63, 3.8) is 0 Å². The van der Waals surface area contributed by atoms with E-state index < -0.39 is 0 Å². The molecule has 0 saturated carbocycles. The Labute approximate surface area is 142 Å². The molecule has 1 aromatic carbocycles. The molecule has 1 N–H and O–H groups in total. The maximum Gasteiger partial charge on any atom is 0.133 e. The maximum atomic E-state index is 5.29. The third kappa shape index (κ3) is 3.92. The highest BCUT2D eigenvalue weighted by atomic mass is 79.9. The van der Waals surface area contributed by atoms with Crippen LogP contribution in [-0.4, -0.2) is 38.2 Å². The lowest BCUT2D eigenvalue weighted by atomic mass is 9.78. The van der Waals surface area contributed by atoms with E-state index in [1.807, 2.05) is 0 Å². The van der Waals surface area contributed by atoms with Crippen molar-refractivity contribution in [3.8, 4) is 5.75 Å². The number of nitrogens with one attached hydrogen (secondary N) is 1. The van der Waals surface area contributed by atoms with Gasteiger partial charge in [0.05, 0.1) is 11.6 Å².